The van der Waals surface area contributed by atoms with Gasteiger partial charge in [0.15, 0.2) is 0 Å². The van der Waals surface area contributed by atoms with E-state index < -0.39 is 21.8 Å². The maximum atomic E-state index is 13.9. The number of alkyl halides is 3. The first kappa shape index (κ1) is 26.7. The van der Waals surface area contributed by atoms with Crippen LogP contribution in [0.5, 0.6) is 0 Å². The number of benzene rings is 2. The van der Waals surface area contributed by atoms with Gasteiger partial charge in [0.2, 0.25) is 10.0 Å². The molecule has 1 aliphatic carbocycles. The molecule has 1 unspecified atom stereocenters. The quantitative estimate of drug-likeness (QED) is 0.378. The topological polar surface area (TPSA) is 69.3 Å². The lowest BCUT2D eigenvalue weighted by atomic mass is 9.97. The Bertz CT molecular complexity index is 1340. The number of aromatic nitrogens is 2. The Balaban J connectivity index is 1.52. The summed E-state index contributed by atoms with van der Waals surface area (Å²) in [6.45, 7) is 2.93. The summed E-state index contributed by atoms with van der Waals surface area (Å²) in [7, 11) is -4.04. The average Bonchev–Trinajstić information content (AvgIpc) is 3.57. The van der Waals surface area contributed by atoms with E-state index in [1.165, 1.54) is 30.0 Å². The number of nitrogens with one attached hydrogen (secondary N) is 1. The summed E-state index contributed by atoms with van der Waals surface area (Å²) in [6, 6.07) is 9.70. The highest BCUT2D eigenvalue weighted by Crippen LogP contribution is 2.37. The van der Waals surface area contributed by atoms with Crippen molar-refractivity contribution in [2.24, 2.45) is 5.92 Å². The Morgan fingerprint density at radius 1 is 1.05 bits per heavy atom. The molecule has 204 valence electrons. The van der Waals surface area contributed by atoms with E-state index in [9.17, 15) is 21.6 Å². The lowest BCUT2D eigenvalue weighted by Crippen LogP contribution is -2.43. The fourth-order valence-electron chi connectivity index (χ4n) is 5.82. The Kier molecular flexibility index (Phi) is 7.55. The SMILES string of the molecule is Cc1cccc2c1CN(S(=O)(=O)c1ccc(C(F)(F)F)cc1)CC(CCC1CCCC1)N2Cc1cnc[nH]1. The molecule has 5 rings (SSSR count). The highest BCUT2D eigenvalue weighted by atomic mass is 32.2. The number of anilines is 1. The number of rotatable bonds is 7. The number of hydrogen-bond donors (Lipinski definition) is 1. The van der Waals surface area contributed by atoms with Crippen molar-refractivity contribution in [3.05, 3.63) is 77.4 Å². The van der Waals surface area contributed by atoms with Gasteiger partial charge in [-0.25, -0.2) is 13.4 Å². The zero-order valence-corrected chi connectivity index (χ0v) is 22.2. The maximum Gasteiger partial charge on any atom is 0.416 e. The van der Waals surface area contributed by atoms with Crippen molar-refractivity contribution in [2.45, 2.75) is 75.7 Å². The van der Waals surface area contributed by atoms with Gasteiger partial charge in [-0.1, -0.05) is 37.8 Å². The molecule has 2 heterocycles. The minimum Gasteiger partial charge on any atom is -0.361 e. The van der Waals surface area contributed by atoms with Gasteiger partial charge in [0.05, 0.1) is 29.0 Å². The fourth-order valence-corrected chi connectivity index (χ4v) is 7.27. The second-order valence-electron chi connectivity index (χ2n) is 10.5. The molecule has 0 amide bonds. The number of imidazole rings is 1. The van der Waals surface area contributed by atoms with Gasteiger partial charge in [-0.3, -0.25) is 0 Å². The fraction of sp³-hybridized carbons (Fsp3) is 0.464. The third-order valence-electron chi connectivity index (χ3n) is 7.98. The lowest BCUT2D eigenvalue weighted by molar-refractivity contribution is -0.137. The van der Waals surface area contributed by atoms with Crippen molar-refractivity contribution in [1.29, 1.82) is 0 Å². The van der Waals surface area contributed by atoms with Crippen LogP contribution in [0, 0.1) is 12.8 Å². The van der Waals surface area contributed by atoms with Crippen LogP contribution in [-0.2, 0) is 29.3 Å². The van der Waals surface area contributed by atoms with Crippen molar-refractivity contribution in [1.82, 2.24) is 14.3 Å². The number of aryl methyl sites for hydroxylation is 1. The van der Waals surface area contributed by atoms with Crippen molar-refractivity contribution in [3.8, 4) is 0 Å². The average molecular weight is 547 g/mol. The molecular formula is C28H33F3N4O2S. The molecule has 1 aromatic heterocycles. The molecule has 1 aliphatic heterocycles. The molecule has 6 nitrogen and oxygen atoms in total. The number of halogens is 3. The second kappa shape index (κ2) is 10.7. The standard InChI is InChI=1S/C28H33F3N4O2S/c1-20-5-4-8-27-26(20)18-34(38(36,37)25-13-10-22(11-14-25)28(29,30)31)17-24(12-9-21-6-2-3-7-21)35(27)16-23-15-32-19-33-23/h4-5,8,10-11,13-15,19,21,24H,2-3,6-7,9,12,16-18H2,1H3,(H,32,33). The molecule has 1 N–H and O–H groups in total. The van der Waals surface area contributed by atoms with E-state index in [-0.39, 0.29) is 24.0 Å². The van der Waals surface area contributed by atoms with E-state index in [1.807, 2.05) is 25.1 Å². The number of sulfonamides is 1. The molecule has 38 heavy (non-hydrogen) atoms. The Morgan fingerprint density at radius 3 is 2.45 bits per heavy atom. The van der Waals surface area contributed by atoms with Crippen LogP contribution in [-0.4, -0.2) is 35.3 Å². The molecule has 0 spiro atoms. The van der Waals surface area contributed by atoms with Gasteiger partial charge in [-0.05, 0) is 67.1 Å². The molecule has 2 aliphatic rings. The van der Waals surface area contributed by atoms with Gasteiger partial charge < -0.3 is 9.88 Å². The van der Waals surface area contributed by atoms with Crippen LogP contribution in [0.15, 0.2) is 59.9 Å². The molecule has 0 radical (unpaired) electrons. The molecule has 1 saturated carbocycles. The first-order valence-electron chi connectivity index (χ1n) is 13.1. The molecule has 3 aromatic rings. The predicted molar refractivity (Wildman–Crippen MR) is 140 cm³/mol. The zero-order chi connectivity index (χ0) is 26.9. The molecular weight excluding hydrogens is 513 g/mol. The summed E-state index contributed by atoms with van der Waals surface area (Å²) < 4.78 is 68.5. The number of hydrogen-bond acceptors (Lipinski definition) is 4. The Hall–Kier alpha value is -2.85. The summed E-state index contributed by atoms with van der Waals surface area (Å²) >= 11 is 0. The van der Waals surface area contributed by atoms with Crippen LogP contribution in [0.4, 0.5) is 18.9 Å². The van der Waals surface area contributed by atoms with Gasteiger partial charge in [-0.2, -0.15) is 17.5 Å². The molecule has 0 bridgehead atoms. The second-order valence-corrected chi connectivity index (χ2v) is 12.4. The van der Waals surface area contributed by atoms with E-state index >= 15 is 0 Å². The largest absolute Gasteiger partial charge is 0.416 e. The number of fused-ring (bicyclic) bond motifs is 1. The van der Waals surface area contributed by atoms with Crippen LogP contribution in [0.3, 0.4) is 0 Å². The number of H-pyrrole nitrogens is 1. The molecule has 2 aromatic carbocycles. The summed E-state index contributed by atoms with van der Waals surface area (Å²) in [6.07, 6.45) is 5.62. The maximum absolute atomic E-state index is 13.9. The molecule has 0 saturated heterocycles. The summed E-state index contributed by atoms with van der Waals surface area (Å²) in [5.41, 5.74) is 2.93. The first-order valence-corrected chi connectivity index (χ1v) is 14.6. The smallest absolute Gasteiger partial charge is 0.361 e. The molecule has 10 heteroatoms. The van der Waals surface area contributed by atoms with E-state index in [0.717, 1.165) is 59.6 Å². The predicted octanol–water partition coefficient (Wildman–Crippen LogP) is 6.29. The number of nitrogens with zero attached hydrogens (tertiary/aromatic N) is 3. The monoisotopic (exact) mass is 546 g/mol. The van der Waals surface area contributed by atoms with Gasteiger partial charge in [0, 0.05) is 31.0 Å². The van der Waals surface area contributed by atoms with Gasteiger partial charge in [-0.15, -0.1) is 0 Å². The van der Waals surface area contributed by atoms with E-state index in [4.69, 9.17) is 0 Å². The minimum absolute atomic E-state index is 0.105. The van der Waals surface area contributed by atoms with Crippen LogP contribution in [0.2, 0.25) is 0 Å². The van der Waals surface area contributed by atoms with Gasteiger partial charge >= 0.3 is 6.18 Å². The Labute approximate surface area is 221 Å². The van der Waals surface area contributed by atoms with E-state index in [2.05, 4.69) is 14.9 Å². The van der Waals surface area contributed by atoms with Crippen molar-refractivity contribution in [2.75, 3.05) is 11.4 Å². The van der Waals surface area contributed by atoms with Crippen LogP contribution < -0.4 is 4.90 Å². The summed E-state index contributed by atoms with van der Waals surface area (Å²) in [4.78, 5) is 9.50. The molecule has 1 atom stereocenters. The van der Waals surface area contributed by atoms with E-state index in [1.54, 1.807) is 12.5 Å². The van der Waals surface area contributed by atoms with Gasteiger partial charge in [0.25, 0.3) is 0 Å². The van der Waals surface area contributed by atoms with Crippen LogP contribution >= 0.6 is 0 Å². The lowest BCUT2D eigenvalue weighted by Gasteiger charge is -2.34. The third-order valence-corrected chi connectivity index (χ3v) is 9.81. The Morgan fingerprint density at radius 2 is 1.79 bits per heavy atom. The van der Waals surface area contributed by atoms with Crippen molar-refractivity contribution >= 4 is 15.7 Å². The highest BCUT2D eigenvalue weighted by Gasteiger charge is 2.36. The highest BCUT2D eigenvalue weighted by molar-refractivity contribution is 7.89. The summed E-state index contributed by atoms with van der Waals surface area (Å²) in [5, 5.41) is 0. The van der Waals surface area contributed by atoms with Gasteiger partial charge in [0.1, 0.15) is 0 Å². The third kappa shape index (κ3) is 5.61. The summed E-state index contributed by atoms with van der Waals surface area (Å²) in [5.74, 6) is 0.643. The van der Waals surface area contributed by atoms with Crippen molar-refractivity contribution < 1.29 is 21.6 Å². The van der Waals surface area contributed by atoms with Crippen LogP contribution in [0.1, 0.15) is 60.9 Å². The zero-order valence-electron chi connectivity index (χ0n) is 21.4. The normalized spacial score (nSPS) is 19.5. The van der Waals surface area contributed by atoms with E-state index in [0.29, 0.717) is 12.5 Å². The minimum atomic E-state index is -4.53. The first-order chi connectivity index (χ1) is 18.1. The molecule has 1 fully saturated rings. The van der Waals surface area contributed by atoms with Crippen LogP contribution in [0.25, 0.3) is 0 Å². The number of aromatic amines is 1. The van der Waals surface area contributed by atoms with Crippen molar-refractivity contribution in [3.63, 3.8) is 0 Å².